The van der Waals surface area contributed by atoms with Crippen molar-refractivity contribution in [3.8, 4) is 11.5 Å². The number of thiazole rings is 1. The molecule has 2 aliphatic heterocycles. The number of ether oxygens (including phenoxy) is 3. The number of fused-ring (bicyclic) bond motifs is 2. The molecule has 152 valence electrons. The molecule has 0 N–H and O–H groups in total. The molecule has 0 bridgehead atoms. The summed E-state index contributed by atoms with van der Waals surface area (Å²) in [6, 6.07) is 3.49. The van der Waals surface area contributed by atoms with Gasteiger partial charge in [-0.15, -0.1) is 0 Å². The molecule has 0 saturated carbocycles. The average Bonchev–Trinajstić information content (AvgIpc) is 3.20. The Morgan fingerprint density at radius 2 is 1.76 bits per heavy atom. The summed E-state index contributed by atoms with van der Waals surface area (Å²) in [5.74, 6) is -0.847. The smallest absolute Gasteiger partial charge is 0.325 e. The van der Waals surface area contributed by atoms with Gasteiger partial charge in [0.25, 0.3) is 5.91 Å². The number of hydrogen-bond acceptors (Lipinski definition) is 8. The third-order valence-corrected chi connectivity index (χ3v) is 5.57. The maximum atomic E-state index is 12.4. The number of methoxy groups -OCH3 is 1. The summed E-state index contributed by atoms with van der Waals surface area (Å²) in [5.41, 5.74) is 0.629. The van der Waals surface area contributed by atoms with Gasteiger partial charge in [0, 0.05) is 25.0 Å². The first-order valence-electron chi connectivity index (χ1n) is 8.87. The minimum atomic E-state index is -0.656. The van der Waals surface area contributed by atoms with Crippen molar-refractivity contribution in [1.82, 2.24) is 9.47 Å². The zero-order chi connectivity index (χ0) is 20.5. The number of benzene rings is 1. The second kappa shape index (κ2) is 7.66. The summed E-state index contributed by atoms with van der Waals surface area (Å²) in [7, 11) is 1.27. The van der Waals surface area contributed by atoms with Gasteiger partial charge in [0.2, 0.25) is 11.8 Å². The van der Waals surface area contributed by atoms with E-state index in [-0.39, 0.29) is 36.0 Å². The van der Waals surface area contributed by atoms with Gasteiger partial charge in [-0.05, 0) is 0 Å². The molecule has 1 aromatic heterocycles. The molecule has 0 radical (unpaired) electrons. The van der Waals surface area contributed by atoms with Crippen molar-refractivity contribution in [1.29, 1.82) is 0 Å². The van der Waals surface area contributed by atoms with Crippen molar-refractivity contribution in [3.05, 3.63) is 16.9 Å². The summed E-state index contributed by atoms with van der Waals surface area (Å²) < 4.78 is 18.2. The van der Waals surface area contributed by atoms with Crippen LogP contribution in [0.5, 0.6) is 11.5 Å². The largest absolute Gasteiger partial charge is 0.486 e. The zero-order valence-electron chi connectivity index (χ0n) is 15.5. The molecule has 3 amide bonds. The molecule has 11 heteroatoms. The predicted molar refractivity (Wildman–Crippen MR) is 99.3 cm³/mol. The molecular formula is C18H17N3O7S. The summed E-state index contributed by atoms with van der Waals surface area (Å²) in [4.78, 5) is 53.0. The number of carbonyl (C=O) groups excluding carboxylic acids is 4. The van der Waals surface area contributed by atoms with Crippen LogP contribution >= 0.6 is 11.3 Å². The Morgan fingerprint density at radius 3 is 2.41 bits per heavy atom. The third-order valence-electron chi connectivity index (χ3n) is 4.53. The Kier molecular flexibility index (Phi) is 5.05. The molecule has 4 rings (SSSR count). The van der Waals surface area contributed by atoms with E-state index in [0.717, 1.165) is 9.60 Å². The van der Waals surface area contributed by atoms with Crippen LogP contribution in [0.1, 0.15) is 12.8 Å². The SMILES string of the molecule is COC(=O)Cn1c(=NC(=O)CN2C(=O)CCC2=O)sc2cc3c(cc21)OCCO3. The van der Waals surface area contributed by atoms with Crippen molar-refractivity contribution in [2.24, 2.45) is 4.99 Å². The van der Waals surface area contributed by atoms with E-state index in [1.165, 1.54) is 23.0 Å². The Hall–Kier alpha value is -3.21. The minimum Gasteiger partial charge on any atom is -0.486 e. The Balaban J connectivity index is 1.75. The first-order chi connectivity index (χ1) is 14.0. The van der Waals surface area contributed by atoms with Crippen LogP contribution in [0, 0.1) is 0 Å². The minimum absolute atomic E-state index is 0.100. The van der Waals surface area contributed by atoms with Gasteiger partial charge in [-0.25, -0.2) is 0 Å². The van der Waals surface area contributed by atoms with E-state index in [1.807, 2.05) is 0 Å². The van der Waals surface area contributed by atoms with Crippen LogP contribution in [-0.2, 0) is 30.5 Å². The molecule has 3 heterocycles. The van der Waals surface area contributed by atoms with Gasteiger partial charge in [-0.2, -0.15) is 4.99 Å². The lowest BCUT2D eigenvalue weighted by molar-refractivity contribution is -0.142. The number of carbonyl (C=O) groups is 4. The van der Waals surface area contributed by atoms with E-state index in [9.17, 15) is 19.2 Å². The molecule has 2 aliphatic rings. The van der Waals surface area contributed by atoms with Gasteiger partial charge >= 0.3 is 5.97 Å². The molecule has 1 saturated heterocycles. The zero-order valence-corrected chi connectivity index (χ0v) is 16.3. The van der Waals surface area contributed by atoms with Crippen molar-refractivity contribution in [2.45, 2.75) is 19.4 Å². The number of aromatic nitrogens is 1. The number of rotatable bonds is 4. The molecule has 2 aromatic rings. The van der Waals surface area contributed by atoms with E-state index in [0.29, 0.717) is 30.2 Å². The van der Waals surface area contributed by atoms with Gasteiger partial charge in [0.05, 0.1) is 17.3 Å². The molecule has 1 aromatic carbocycles. The van der Waals surface area contributed by atoms with Crippen LogP contribution in [0.2, 0.25) is 0 Å². The van der Waals surface area contributed by atoms with Gasteiger partial charge in [-0.1, -0.05) is 11.3 Å². The van der Waals surface area contributed by atoms with E-state index in [2.05, 4.69) is 4.99 Å². The second-order valence-electron chi connectivity index (χ2n) is 6.39. The van der Waals surface area contributed by atoms with Crippen LogP contribution in [-0.4, -0.2) is 60.0 Å². The number of imide groups is 1. The summed E-state index contributed by atoms with van der Waals surface area (Å²) in [5, 5.41) is 0. The normalized spacial score (nSPS) is 16.6. The number of esters is 1. The molecule has 0 aliphatic carbocycles. The highest BCUT2D eigenvalue weighted by atomic mass is 32.1. The quantitative estimate of drug-likeness (QED) is 0.514. The molecule has 10 nitrogen and oxygen atoms in total. The van der Waals surface area contributed by atoms with E-state index in [1.54, 1.807) is 12.1 Å². The Bertz CT molecular complexity index is 1080. The number of amides is 3. The standard InChI is InChI=1S/C18H17N3O7S/c1-26-17(25)9-20-10-6-11-12(28-5-4-27-11)7-13(10)29-18(20)19-14(22)8-21-15(23)2-3-16(21)24/h6-7H,2-5,8-9H2,1H3. The summed E-state index contributed by atoms with van der Waals surface area (Å²) in [6.45, 7) is 0.254. The maximum Gasteiger partial charge on any atom is 0.325 e. The predicted octanol–water partition coefficient (Wildman–Crippen LogP) is 0.223. The fourth-order valence-electron chi connectivity index (χ4n) is 3.11. The number of nitrogens with zero attached hydrogens (tertiary/aromatic N) is 3. The lowest BCUT2D eigenvalue weighted by Gasteiger charge is -2.18. The summed E-state index contributed by atoms with van der Waals surface area (Å²) in [6.07, 6.45) is 0.200. The molecular weight excluding hydrogens is 402 g/mol. The fraction of sp³-hybridized carbons (Fsp3) is 0.389. The Morgan fingerprint density at radius 1 is 1.10 bits per heavy atom. The highest BCUT2D eigenvalue weighted by Gasteiger charge is 2.30. The highest BCUT2D eigenvalue weighted by molar-refractivity contribution is 7.16. The highest BCUT2D eigenvalue weighted by Crippen LogP contribution is 2.35. The average molecular weight is 419 g/mol. The molecule has 29 heavy (non-hydrogen) atoms. The van der Waals surface area contributed by atoms with Gasteiger partial charge in [0.15, 0.2) is 16.3 Å². The van der Waals surface area contributed by atoms with Crippen LogP contribution in [0.15, 0.2) is 17.1 Å². The van der Waals surface area contributed by atoms with Crippen molar-refractivity contribution >= 4 is 45.2 Å². The van der Waals surface area contributed by atoms with E-state index in [4.69, 9.17) is 14.2 Å². The van der Waals surface area contributed by atoms with Gasteiger partial charge in [-0.3, -0.25) is 24.1 Å². The Labute approximate surface area is 168 Å². The van der Waals surface area contributed by atoms with Crippen LogP contribution in [0.3, 0.4) is 0 Å². The van der Waals surface area contributed by atoms with Crippen LogP contribution in [0.4, 0.5) is 0 Å². The first kappa shape index (κ1) is 19.1. The van der Waals surface area contributed by atoms with E-state index >= 15 is 0 Å². The first-order valence-corrected chi connectivity index (χ1v) is 9.68. The summed E-state index contributed by atoms with van der Waals surface area (Å²) >= 11 is 1.18. The number of hydrogen-bond donors (Lipinski definition) is 0. The van der Waals surface area contributed by atoms with Crippen LogP contribution in [0.25, 0.3) is 10.2 Å². The van der Waals surface area contributed by atoms with Gasteiger partial charge in [0.1, 0.15) is 26.3 Å². The van der Waals surface area contributed by atoms with Crippen molar-refractivity contribution in [2.75, 3.05) is 26.9 Å². The van der Waals surface area contributed by atoms with Crippen LogP contribution < -0.4 is 14.3 Å². The molecule has 0 unspecified atom stereocenters. The fourth-order valence-corrected chi connectivity index (χ4v) is 4.17. The topological polar surface area (TPSA) is 116 Å². The molecule has 0 atom stereocenters. The van der Waals surface area contributed by atoms with Gasteiger partial charge < -0.3 is 18.8 Å². The second-order valence-corrected chi connectivity index (χ2v) is 7.40. The molecule has 0 spiro atoms. The van der Waals surface area contributed by atoms with Crippen molar-refractivity contribution in [3.63, 3.8) is 0 Å². The van der Waals surface area contributed by atoms with Crippen molar-refractivity contribution < 1.29 is 33.4 Å². The maximum absolute atomic E-state index is 12.4. The third kappa shape index (κ3) is 3.73. The molecule has 1 fully saturated rings. The lowest BCUT2D eigenvalue weighted by Crippen LogP contribution is -2.34. The monoisotopic (exact) mass is 419 g/mol. The lowest BCUT2D eigenvalue weighted by atomic mass is 10.2. The number of likely N-dealkylation sites (tertiary alicyclic amines) is 1. The van der Waals surface area contributed by atoms with E-state index < -0.39 is 18.4 Å².